The number of ether oxygens (including phenoxy) is 2. The summed E-state index contributed by atoms with van der Waals surface area (Å²) in [6.07, 6.45) is 2.08. The topological polar surface area (TPSA) is 38.7 Å². The Balaban J connectivity index is 1.95. The maximum atomic E-state index is 9.51. The Labute approximate surface area is 119 Å². The first-order valence-electron chi connectivity index (χ1n) is 7.12. The molecule has 0 aromatic heterocycles. The number of hydrogen-bond donors (Lipinski definition) is 1. The Morgan fingerprint density at radius 3 is 2.80 bits per heavy atom. The summed E-state index contributed by atoms with van der Waals surface area (Å²) < 4.78 is 11.1. The summed E-state index contributed by atoms with van der Waals surface area (Å²) in [5, 5.41) is 11.8. The highest BCUT2D eigenvalue weighted by molar-refractivity contribution is 5.84. The monoisotopic (exact) mass is 272 g/mol. The van der Waals surface area contributed by atoms with Gasteiger partial charge in [-0.05, 0) is 47.4 Å². The standard InChI is InChI=1S/C17H20O3/c1-19-16-7-6-12-9-14(5-4-13(12)10-16)17-15(11-18)3-2-8-20-17/h4-7,9-10,15,17-18H,2-3,8,11H2,1H3. The molecule has 2 aromatic carbocycles. The molecule has 0 radical (unpaired) electrons. The molecule has 1 fully saturated rings. The van der Waals surface area contributed by atoms with Gasteiger partial charge in [-0.1, -0.05) is 18.2 Å². The van der Waals surface area contributed by atoms with Crippen LogP contribution in [0.1, 0.15) is 24.5 Å². The van der Waals surface area contributed by atoms with Crippen LogP contribution in [-0.2, 0) is 4.74 Å². The lowest BCUT2D eigenvalue weighted by molar-refractivity contribution is -0.0456. The van der Waals surface area contributed by atoms with Crippen LogP contribution in [0.3, 0.4) is 0 Å². The van der Waals surface area contributed by atoms with Gasteiger partial charge in [-0.25, -0.2) is 0 Å². The van der Waals surface area contributed by atoms with E-state index in [1.807, 2.05) is 12.1 Å². The molecule has 0 spiro atoms. The van der Waals surface area contributed by atoms with E-state index in [1.54, 1.807) is 7.11 Å². The van der Waals surface area contributed by atoms with Crippen molar-refractivity contribution >= 4 is 10.8 Å². The molecule has 1 N–H and O–H groups in total. The van der Waals surface area contributed by atoms with Crippen LogP contribution in [0.25, 0.3) is 10.8 Å². The van der Waals surface area contributed by atoms with Crippen molar-refractivity contribution in [1.29, 1.82) is 0 Å². The van der Waals surface area contributed by atoms with E-state index >= 15 is 0 Å². The number of methoxy groups -OCH3 is 1. The van der Waals surface area contributed by atoms with Crippen molar-refractivity contribution in [3.05, 3.63) is 42.0 Å². The van der Waals surface area contributed by atoms with Crippen LogP contribution >= 0.6 is 0 Å². The summed E-state index contributed by atoms with van der Waals surface area (Å²) in [6, 6.07) is 12.4. The Hall–Kier alpha value is -1.58. The molecule has 0 aliphatic carbocycles. The first-order valence-corrected chi connectivity index (χ1v) is 7.12. The lowest BCUT2D eigenvalue weighted by Crippen LogP contribution is -2.25. The van der Waals surface area contributed by atoms with Crippen LogP contribution in [0.2, 0.25) is 0 Å². The first kappa shape index (κ1) is 13.4. The zero-order valence-corrected chi connectivity index (χ0v) is 11.7. The zero-order chi connectivity index (χ0) is 13.9. The predicted octanol–water partition coefficient (Wildman–Crippen LogP) is 3.31. The molecule has 1 saturated heterocycles. The van der Waals surface area contributed by atoms with Gasteiger partial charge >= 0.3 is 0 Å². The fourth-order valence-corrected chi connectivity index (χ4v) is 2.94. The van der Waals surface area contributed by atoms with Crippen molar-refractivity contribution in [3.8, 4) is 5.75 Å². The van der Waals surface area contributed by atoms with E-state index in [9.17, 15) is 5.11 Å². The fraction of sp³-hybridized carbons (Fsp3) is 0.412. The van der Waals surface area contributed by atoms with Crippen molar-refractivity contribution in [1.82, 2.24) is 0 Å². The van der Waals surface area contributed by atoms with Gasteiger partial charge in [-0.2, -0.15) is 0 Å². The van der Waals surface area contributed by atoms with E-state index in [-0.39, 0.29) is 18.6 Å². The number of rotatable bonds is 3. The summed E-state index contributed by atoms with van der Waals surface area (Å²) in [6.45, 7) is 0.965. The molecule has 0 saturated carbocycles. The van der Waals surface area contributed by atoms with Crippen molar-refractivity contribution in [3.63, 3.8) is 0 Å². The van der Waals surface area contributed by atoms with Gasteiger partial charge in [0, 0.05) is 19.1 Å². The Morgan fingerprint density at radius 1 is 1.20 bits per heavy atom. The summed E-state index contributed by atoms with van der Waals surface area (Å²) >= 11 is 0. The van der Waals surface area contributed by atoms with Gasteiger partial charge < -0.3 is 14.6 Å². The molecule has 3 heteroatoms. The summed E-state index contributed by atoms with van der Waals surface area (Å²) in [5.41, 5.74) is 1.15. The highest BCUT2D eigenvalue weighted by Gasteiger charge is 2.26. The van der Waals surface area contributed by atoms with E-state index < -0.39 is 0 Å². The average Bonchev–Trinajstić information content (AvgIpc) is 2.53. The van der Waals surface area contributed by atoms with Crippen LogP contribution < -0.4 is 4.74 Å². The fourth-order valence-electron chi connectivity index (χ4n) is 2.94. The maximum absolute atomic E-state index is 9.51. The second-order valence-electron chi connectivity index (χ2n) is 5.35. The van der Waals surface area contributed by atoms with E-state index in [2.05, 4.69) is 24.3 Å². The molecule has 3 nitrogen and oxygen atoms in total. The van der Waals surface area contributed by atoms with Gasteiger partial charge in [-0.15, -0.1) is 0 Å². The highest BCUT2D eigenvalue weighted by atomic mass is 16.5. The van der Waals surface area contributed by atoms with Crippen LogP contribution in [0.4, 0.5) is 0 Å². The molecule has 0 amide bonds. The van der Waals surface area contributed by atoms with Gasteiger partial charge in [0.1, 0.15) is 5.75 Å². The lowest BCUT2D eigenvalue weighted by Gasteiger charge is -2.31. The van der Waals surface area contributed by atoms with Gasteiger partial charge in [0.05, 0.1) is 13.2 Å². The van der Waals surface area contributed by atoms with Crippen LogP contribution in [0, 0.1) is 5.92 Å². The van der Waals surface area contributed by atoms with Gasteiger partial charge in [0.25, 0.3) is 0 Å². The van der Waals surface area contributed by atoms with Crippen LogP contribution in [-0.4, -0.2) is 25.4 Å². The minimum absolute atomic E-state index is 0.0141. The molecule has 2 aromatic rings. The molecule has 0 bridgehead atoms. The second-order valence-corrected chi connectivity index (χ2v) is 5.35. The Kier molecular flexibility index (Phi) is 3.90. The zero-order valence-electron chi connectivity index (χ0n) is 11.7. The molecule has 20 heavy (non-hydrogen) atoms. The Bertz CT molecular complexity index is 594. The van der Waals surface area contributed by atoms with E-state index in [4.69, 9.17) is 9.47 Å². The molecule has 3 rings (SSSR count). The third-order valence-corrected chi connectivity index (χ3v) is 4.08. The molecule has 2 atom stereocenters. The smallest absolute Gasteiger partial charge is 0.119 e. The molecular weight excluding hydrogens is 252 g/mol. The molecule has 106 valence electrons. The van der Waals surface area contributed by atoms with Crippen molar-refractivity contribution in [2.24, 2.45) is 5.92 Å². The number of aliphatic hydroxyl groups is 1. The molecular formula is C17H20O3. The number of benzene rings is 2. The van der Waals surface area contributed by atoms with Gasteiger partial charge in [0.2, 0.25) is 0 Å². The number of fused-ring (bicyclic) bond motifs is 1. The molecule has 1 heterocycles. The number of hydrogen-bond acceptors (Lipinski definition) is 3. The molecule has 1 aliphatic heterocycles. The second kappa shape index (κ2) is 5.81. The number of aliphatic hydroxyl groups excluding tert-OH is 1. The normalized spacial score (nSPS) is 22.9. The lowest BCUT2D eigenvalue weighted by atomic mass is 9.89. The SMILES string of the molecule is COc1ccc2cc(C3OCCCC3CO)ccc2c1. The van der Waals surface area contributed by atoms with Crippen LogP contribution in [0.5, 0.6) is 5.75 Å². The minimum Gasteiger partial charge on any atom is -0.497 e. The predicted molar refractivity (Wildman–Crippen MR) is 79.0 cm³/mol. The van der Waals surface area contributed by atoms with Crippen LogP contribution in [0.15, 0.2) is 36.4 Å². The summed E-state index contributed by atoms with van der Waals surface area (Å²) in [4.78, 5) is 0. The third-order valence-electron chi connectivity index (χ3n) is 4.08. The molecule has 1 aliphatic rings. The van der Waals surface area contributed by atoms with E-state index in [0.717, 1.165) is 36.1 Å². The minimum atomic E-state index is 0.0141. The van der Waals surface area contributed by atoms with E-state index in [1.165, 1.54) is 5.39 Å². The quantitative estimate of drug-likeness (QED) is 0.931. The van der Waals surface area contributed by atoms with Gasteiger partial charge in [-0.3, -0.25) is 0 Å². The highest BCUT2D eigenvalue weighted by Crippen LogP contribution is 2.35. The van der Waals surface area contributed by atoms with E-state index in [0.29, 0.717) is 0 Å². The first-order chi connectivity index (χ1) is 9.81. The average molecular weight is 272 g/mol. The van der Waals surface area contributed by atoms with Crippen molar-refractivity contribution in [2.75, 3.05) is 20.3 Å². The molecule has 2 unspecified atom stereocenters. The largest absolute Gasteiger partial charge is 0.497 e. The summed E-state index contributed by atoms with van der Waals surface area (Å²) in [5.74, 6) is 1.08. The third kappa shape index (κ3) is 2.51. The Morgan fingerprint density at radius 2 is 2.00 bits per heavy atom. The van der Waals surface area contributed by atoms with Crippen molar-refractivity contribution in [2.45, 2.75) is 18.9 Å². The van der Waals surface area contributed by atoms with Crippen molar-refractivity contribution < 1.29 is 14.6 Å². The summed E-state index contributed by atoms with van der Waals surface area (Å²) in [7, 11) is 1.68. The van der Waals surface area contributed by atoms with Gasteiger partial charge in [0.15, 0.2) is 0 Å². The maximum Gasteiger partial charge on any atom is 0.119 e.